The molecule has 0 saturated heterocycles. The summed E-state index contributed by atoms with van der Waals surface area (Å²) in [6.07, 6.45) is 3.46. The van der Waals surface area contributed by atoms with Crippen molar-refractivity contribution in [1.82, 2.24) is 4.98 Å². The summed E-state index contributed by atoms with van der Waals surface area (Å²) < 4.78 is 0. The van der Waals surface area contributed by atoms with Gasteiger partial charge in [0.25, 0.3) is 0 Å². The SMILES string of the molecule is O=C(Nc1ccc(Nc2ccccc2)cc1)Nc1ccc(Nc2ccncc2)cc1. The Hall–Kier alpha value is -4.32. The van der Waals surface area contributed by atoms with Crippen LogP contribution < -0.4 is 21.3 Å². The van der Waals surface area contributed by atoms with Crippen LogP contribution in [0.15, 0.2) is 103 Å². The van der Waals surface area contributed by atoms with Crippen molar-refractivity contribution < 1.29 is 4.79 Å². The van der Waals surface area contributed by atoms with Gasteiger partial charge in [-0.05, 0) is 72.8 Å². The van der Waals surface area contributed by atoms with Crippen molar-refractivity contribution in [2.45, 2.75) is 0 Å². The number of rotatable bonds is 6. The zero-order valence-electron chi connectivity index (χ0n) is 16.2. The van der Waals surface area contributed by atoms with Gasteiger partial charge in [0.2, 0.25) is 0 Å². The van der Waals surface area contributed by atoms with E-state index < -0.39 is 0 Å². The van der Waals surface area contributed by atoms with Crippen molar-refractivity contribution in [2.24, 2.45) is 0 Å². The third kappa shape index (κ3) is 5.36. The molecule has 0 spiro atoms. The first-order chi connectivity index (χ1) is 14.7. The van der Waals surface area contributed by atoms with Gasteiger partial charge in [-0.15, -0.1) is 0 Å². The number of carbonyl (C=O) groups excluding carboxylic acids is 1. The van der Waals surface area contributed by atoms with Crippen LogP contribution in [0.25, 0.3) is 0 Å². The Morgan fingerprint density at radius 2 is 0.900 bits per heavy atom. The number of pyridine rings is 1. The van der Waals surface area contributed by atoms with E-state index in [2.05, 4.69) is 26.3 Å². The Morgan fingerprint density at radius 1 is 0.500 bits per heavy atom. The maximum Gasteiger partial charge on any atom is 0.323 e. The van der Waals surface area contributed by atoms with E-state index >= 15 is 0 Å². The molecule has 0 saturated carbocycles. The second-order valence-corrected chi connectivity index (χ2v) is 6.59. The highest BCUT2D eigenvalue weighted by Crippen LogP contribution is 2.20. The zero-order chi connectivity index (χ0) is 20.6. The van der Waals surface area contributed by atoms with Crippen molar-refractivity contribution in [1.29, 1.82) is 0 Å². The lowest BCUT2D eigenvalue weighted by molar-refractivity contribution is 0.262. The van der Waals surface area contributed by atoms with Gasteiger partial charge in [0.1, 0.15) is 0 Å². The maximum atomic E-state index is 12.3. The number of amides is 2. The van der Waals surface area contributed by atoms with Crippen molar-refractivity contribution in [3.05, 3.63) is 103 Å². The van der Waals surface area contributed by atoms with E-state index in [1.165, 1.54) is 0 Å². The molecule has 3 aromatic carbocycles. The Kier molecular flexibility index (Phi) is 5.86. The maximum absolute atomic E-state index is 12.3. The topological polar surface area (TPSA) is 78.1 Å². The first-order valence-corrected chi connectivity index (χ1v) is 9.52. The van der Waals surface area contributed by atoms with E-state index in [9.17, 15) is 4.79 Å². The van der Waals surface area contributed by atoms with Gasteiger partial charge in [0.05, 0.1) is 0 Å². The number of urea groups is 1. The minimum atomic E-state index is -0.298. The number of nitrogens with zero attached hydrogens (tertiary/aromatic N) is 1. The molecule has 2 amide bonds. The van der Waals surface area contributed by atoms with Crippen LogP contribution in [0.1, 0.15) is 0 Å². The number of anilines is 6. The number of hydrogen-bond acceptors (Lipinski definition) is 4. The fraction of sp³-hybridized carbons (Fsp3) is 0. The van der Waals surface area contributed by atoms with E-state index in [0.29, 0.717) is 11.4 Å². The number of hydrogen-bond donors (Lipinski definition) is 4. The number of carbonyl (C=O) groups is 1. The predicted octanol–water partition coefficient (Wildman–Crippen LogP) is 6.21. The number of nitrogens with one attached hydrogen (secondary N) is 4. The molecule has 6 heteroatoms. The van der Waals surface area contributed by atoms with Crippen LogP contribution in [-0.2, 0) is 0 Å². The second kappa shape index (κ2) is 9.25. The Bertz CT molecular complexity index is 993. The first kappa shape index (κ1) is 19.0. The first-order valence-electron chi connectivity index (χ1n) is 9.52. The number of benzene rings is 3. The molecule has 0 unspecified atom stereocenters. The Morgan fingerprint density at radius 3 is 1.40 bits per heavy atom. The van der Waals surface area contributed by atoms with Crippen LogP contribution in [0, 0.1) is 0 Å². The number of aromatic nitrogens is 1. The van der Waals surface area contributed by atoms with Crippen LogP contribution in [0.3, 0.4) is 0 Å². The summed E-state index contributed by atoms with van der Waals surface area (Å²) in [5.74, 6) is 0. The van der Waals surface area contributed by atoms with Gasteiger partial charge in [-0.2, -0.15) is 0 Å². The molecular weight excluding hydrogens is 374 g/mol. The summed E-state index contributed by atoms with van der Waals surface area (Å²) in [6, 6.07) is 28.4. The van der Waals surface area contributed by atoms with E-state index in [1.807, 2.05) is 91.0 Å². The lowest BCUT2D eigenvalue weighted by atomic mass is 10.2. The molecule has 0 atom stereocenters. The van der Waals surface area contributed by atoms with E-state index in [1.54, 1.807) is 12.4 Å². The van der Waals surface area contributed by atoms with Gasteiger partial charge in [0, 0.05) is 46.5 Å². The van der Waals surface area contributed by atoms with E-state index in [-0.39, 0.29) is 6.03 Å². The smallest absolute Gasteiger partial charge is 0.323 e. The average Bonchev–Trinajstić information content (AvgIpc) is 2.78. The molecule has 0 aliphatic carbocycles. The van der Waals surface area contributed by atoms with Gasteiger partial charge >= 0.3 is 6.03 Å². The lowest BCUT2D eigenvalue weighted by Gasteiger charge is -2.11. The van der Waals surface area contributed by atoms with Crippen LogP contribution in [0.5, 0.6) is 0 Å². The molecule has 0 radical (unpaired) electrons. The summed E-state index contributed by atoms with van der Waals surface area (Å²) in [6.45, 7) is 0. The molecule has 0 bridgehead atoms. The summed E-state index contributed by atoms with van der Waals surface area (Å²) in [5, 5.41) is 12.2. The number of para-hydroxylation sites is 1. The van der Waals surface area contributed by atoms with E-state index in [4.69, 9.17) is 0 Å². The second-order valence-electron chi connectivity index (χ2n) is 6.59. The van der Waals surface area contributed by atoms with Crippen LogP contribution in [0.4, 0.5) is 38.9 Å². The van der Waals surface area contributed by atoms with Crippen LogP contribution in [-0.4, -0.2) is 11.0 Å². The van der Waals surface area contributed by atoms with Crippen molar-refractivity contribution in [3.63, 3.8) is 0 Å². The highest BCUT2D eigenvalue weighted by atomic mass is 16.2. The van der Waals surface area contributed by atoms with Crippen LogP contribution >= 0.6 is 0 Å². The normalized spacial score (nSPS) is 10.1. The van der Waals surface area contributed by atoms with Crippen molar-refractivity contribution in [2.75, 3.05) is 21.3 Å². The molecule has 4 N–H and O–H groups in total. The Labute approximate surface area is 175 Å². The lowest BCUT2D eigenvalue weighted by Crippen LogP contribution is -2.19. The third-order valence-corrected chi connectivity index (χ3v) is 4.32. The highest BCUT2D eigenvalue weighted by molar-refractivity contribution is 6.00. The molecule has 4 aromatic rings. The monoisotopic (exact) mass is 395 g/mol. The fourth-order valence-corrected chi connectivity index (χ4v) is 2.86. The largest absolute Gasteiger partial charge is 0.356 e. The molecule has 148 valence electrons. The van der Waals surface area contributed by atoms with Crippen LogP contribution in [0.2, 0.25) is 0 Å². The summed E-state index contributed by atoms with van der Waals surface area (Å²) in [7, 11) is 0. The minimum absolute atomic E-state index is 0.298. The van der Waals surface area contributed by atoms with Gasteiger partial charge in [-0.3, -0.25) is 4.98 Å². The Balaban J connectivity index is 1.30. The molecule has 1 heterocycles. The highest BCUT2D eigenvalue weighted by Gasteiger charge is 2.04. The summed E-state index contributed by atoms with van der Waals surface area (Å²) >= 11 is 0. The summed E-state index contributed by atoms with van der Waals surface area (Å²) in [5.41, 5.74) is 5.25. The van der Waals surface area contributed by atoms with Crippen molar-refractivity contribution >= 4 is 40.2 Å². The van der Waals surface area contributed by atoms with Crippen molar-refractivity contribution in [3.8, 4) is 0 Å². The average molecular weight is 395 g/mol. The quantitative estimate of drug-likeness (QED) is 0.313. The molecule has 4 rings (SSSR count). The third-order valence-electron chi connectivity index (χ3n) is 4.32. The summed E-state index contributed by atoms with van der Waals surface area (Å²) in [4.78, 5) is 16.3. The van der Waals surface area contributed by atoms with Gasteiger partial charge in [0.15, 0.2) is 0 Å². The molecule has 0 fully saturated rings. The standard InChI is InChI=1S/C24H21N5O/c30-24(28-21-10-6-19(7-11-21)26-18-4-2-1-3-5-18)29-22-12-8-20(9-13-22)27-23-14-16-25-17-15-23/h1-17,26H,(H,25,27)(H2,28,29,30). The zero-order valence-corrected chi connectivity index (χ0v) is 16.2. The van der Waals surface area contributed by atoms with E-state index in [0.717, 1.165) is 22.7 Å². The molecule has 0 aliphatic heterocycles. The molecular formula is C24H21N5O. The fourth-order valence-electron chi connectivity index (χ4n) is 2.86. The molecule has 30 heavy (non-hydrogen) atoms. The van der Waals surface area contributed by atoms with Gasteiger partial charge in [-0.1, -0.05) is 18.2 Å². The van der Waals surface area contributed by atoms with Gasteiger partial charge < -0.3 is 21.3 Å². The van der Waals surface area contributed by atoms with Gasteiger partial charge in [-0.25, -0.2) is 4.79 Å². The predicted molar refractivity (Wildman–Crippen MR) is 123 cm³/mol. The molecule has 1 aromatic heterocycles. The molecule has 6 nitrogen and oxygen atoms in total. The minimum Gasteiger partial charge on any atom is -0.356 e. The molecule has 0 aliphatic rings.